The number of aliphatic hydroxyl groups is 1. The summed E-state index contributed by atoms with van der Waals surface area (Å²) >= 11 is 0. The van der Waals surface area contributed by atoms with Gasteiger partial charge in [0.1, 0.15) is 12.4 Å². The number of nitrogens with zero attached hydrogens (tertiary/aromatic N) is 2. The van der Waals surface area contributed by atoms with E-state index >= 15 is 0 Å². The molecule has 0 aromatic carbocycles. The van der Waals surface area contributed by atoms with Crippen molar-refractivity contribution in [1.29, 1.82) is 0 Å². The van der Waals surface area contributed by atoms with Crippen LogP contribution in [0.1, 0.15) is 18.4 Å². The van der Waals surface area contributed by atoms with Crippen LogP contribution in [0.4, 0.5) is 0 Å². The molecular formula is C13H16N2O2. The first-order valence-corrected chi connectivity index (χ1v) is 6.00. The molecule has 1 aliphatic carbocycles. The summed E-state index contributed by atoms with van der Waals surface area (Å²) in [4.78, 5) is 4.34. The van der Waals surface area contributed by atoms with E-state index in [1.807, 2.05) is 22.9 Å². The molecule has 1 saturated carbocycles. The summed E-state index contributed by atoms with van der Waals surface area (Å²) in [5.41, 5.74) is 1.79. The highest BCUT2D eigenvalue weighted by molar-refractivity contribution is 5.80. The van der Waals surface area contributed by atoms with Crippen molar-refractivity contribution in [2.24, 2.45) is 5.92 Å². The lowest BCUT2D eigenvalue weighted by Gasteiger charge is -2.05. The highest BCUT2D eigenvalue weighted by atomic mass is 16.5. The topological polar surface area (TPSA) is 47.3 Å². The van der Waals surface area contributed by atoms with Crippen molar-refractivity contribution in [3.63, 3.8) is 0 Å². The summed E-state index contributed by atoms with van der Waals surface area (Å²) in [5.74, 6) is 0.766. The van der Waals surface area contributed by atoms with Crippen molar-refractivity contribution >= 4 is 11.0 Å². The molecule has 0 atom stereocenters. The number of pyridine rings is 1. The van der Waals surface area contributed by atoms with E-state index in [2.05, 4.69) is 4.98 Å². The molecule has 0 saturated heterocycles. The van der Waals surface area contributed by atoms with Crippen LogP contribution >= 0.6 is 0 Å². The Bertz CT molecular complexity index is 517. The van der Waals surface area contributed by atoms with E-state index in [4.69, 9.17) is 4.74 Å². The maximum Gasteiger partial charge on any atom is 0.142 e. The van der Waals surface area contributed by atoms with Crippen molar-refractivity contribution in [2.45, 2.75) is 26.2 Å². The average Bonchev–Trinajstić information content (AvgIpc) is 3.11. The van der Waals surface area contributed by atoms with E-state index in [9.17, 15) is 5.11 Å². The Morgan fingerprint density at radius 3 is 3.12 bits per heavy atom. The highest BCUT2D eigenvalue weighted by Gasteiger charge is 2.21. The van der Waals surface area contributed by atoms with Crippen molar-refractivity contribution < 1.29 is 9.84 Å². The van der Waals surface area contributed by atoms with Crippen LogP contribution in [-0.2, 0) is 18.1 Å². The smallest absolute Gasteiger partial charge is 0.142 e. The molecule has 2 aromatic heterocycles. The SMILES string of the molecule is OCc1cn(COCC2CC2)c2ncccc12. The maximum atomic E-state index is 9.29. The van der Waals surface area contributed by atoms with Crippen molar-refractivity contribution in [3.05, 3.63) is 30.1 Å². The van der Waals surface area contributed by atoms with Crippen molar-refractivity contribution in [2.75, 3.05) is 6.61 Å². The number of aromatic nitrogens is 2. The largest absolute Gasteiger partial charge is 0.392 e. The lowest BCUT2D eigenvalue weighted by molar-refractivity contribution is 0.0712. The molecule has 3 rings (SSSR count). The third-order valence-corrected chi connectivity index (χ3v) is 3.17. The normalized spacial score (nSPS) is 15.6. The van der Waals surface area contributed by atoms with Gasteiger partial charge in [0.2, 0.25) is 0 Å². The van der Waals surface area contributed by atoms with E-state index < -0.39 is 0 Å². The number of hydrogen-bond donors (Lipinski definition) is 1. The Kier molecular flexibility index (Phi) is 2.82. The number of aliphatic hydroxyl groups excluding tert-OH is 1. The molecule has 4 nitrogen and oxygen atoms in total. The molecular weight excluding hydrogens is 216 g/mol. The van der Waals surface area contributed by atoms with Gasteiger partial charge < -0.3 is 14.4 Å². The summed E-state index contributed by atoms with van der Waals surface area (Å²) < 4.78 is 7.61. The van der Waals surface area contributed by atoms with Crippen LogP contribution in [0, 0.1) is 5.92 Å². The Morgan fingerprint density at radius 1 is 1.47 bits per heavy atom. The first-order chi connectivity index (χ1) is 8.38. The fourth-order valence-electron chi connectivity index (χ4n) is 2.02. The van der Waals surface area contributed by atoms with Gasteiger partial charge in [-0.15, -0.1) is 0 Å². The lowest BCUT2D eigenvalue weighted by atomic mass is 10.2. The molecule has 2 heterocycles. The minimum Gasteiger partial charge on any atom is -0.392 e. The second-order valence-electron chi connectivity index (χ2n) is 4.60. The molecule has 0 spiro atoms. The molecule has 1 fully saturated rings. The summed E-state index contributed by atoms with van der Waals surface area (Å²) in [7, 11) is 0. The van der Waals surface area contributed by atoms with Crippen LogP contribution in [-0.4, -0.2) is 21.3 Å². The van der Waals surface area contributed by atoms with Gasteiger partial charge in [0, 0.05) is 23.3 Å². The second kappa shape index (κ2) is 4.47. The Hall–Kier alpha value is -1.39. The van der Waals surface area contributed by atoms with Gasteiger partial charge >= 0.3 is 0 Å². The highest BCUT2D eigenvalue weighted by Crippen LogP contribution is 2.29. The minimum atomic E-state index is 0.0395. The molecule has 0 amide bonds. The van der Waals surface area contributed by atoms with Gasteiger partial charge in [-0.2, -0.15) is 0 Å². The molecule has 2 aromatic rings. The van der Waals surface area contributed by atoms with E-state index in [0.717, 1.165) is 29.1 Å². The van der Waals surface area contributed by atoms with Gasteiger partial charge in [-0.3, -0.25) is 0 Å². The monoisotopic (exact) mass is 232 g/mol. The average molecular weight is 232 g/mol. The summed E-state index contributed by atoms with van der Waals surface area (Å²) in [5, 5.41) is 10.3. The van der Waals surface area contributed by atoms with E-state index in [1.54, 1.807) is 6.20 Å². The number of rotatable bonds is 5. The van der Waals surface area contributed by atoms with Gasteiger partial charge in [0.15, 0.2) is 0 Å². The van der Waals surface area contributed by atoms with E-state index in [0.29, 0.717) is 6.73 Å². The minimum absolute atomic E-state index is 0.0395. The third-order valence-electron chi connectivity index (χ3n) is 3.17. The molecule has 1 N–H and O–H groups in total. The summed E-state index contributed by atoms with van der Waals surface area (Å²) in [6.45, 7) is 1.39. The lowest BCUT2D eigenvalue weighted by Crippen LogP contribution is -2.04. The fourth-order valence-corrected chi connectivity index (χ4v) is 2.02. The number of hydrogen-bond acceptors (Lipinski definition) is 3. The van der Waals surface area contributed by atoms with Gasteiger partial charge in [-0.25, -0.2) is 4.98 Å². The standard InChI is InChI=1S/C13H16N2O2/c16-7-11-6-15(9-17-8-10-3-4-10)13-12(11)2-1-5-14-13/h1-2,5-6,10,16H,3-4,7-9H2. The van der Waals surface area contributed by atoms with Gasteiger partial charge in [-0.1, -0.05) is 0 Å². The maximum absolute atomic E-state index is 9.29. The van der Waals surface area contributed by atoms with Crippen LogP contribution < -0.4 is 0 Å². The Balaban J connectivity index is 1.81. The predicted octanol–water partition coefficient (Wildman–Crippen LogP) is 1.91. The van der Waals surface area contributed by atoms with Gasteiger partial charge in [0.25, 0.3) is 0 Å². The van der Waals surface area contributed by atoms with E-state index in [1.165, 1.54) is 12.8 Å². The zero-order valence-corrected chi connectivity index (χ0v) is 9.67. The first kappa shape index (κ1) is 10.7. The summed E-state index contributed by atoms with van der Waals surface area (Å²) in [6.07, 6.45) is 6.28. The Labute approximate surface area is 99.8 Å². The van der Waals surface area contributed by atoms with Crippen molar-refractivity contribution in [3.8, 4) is 0 Å². The Morgan fingerprint density at radius 2 is 2.35 bits per heavy atom. The van der Waals surface area contributed by atoms with Crippen LogP contribution in [0.3, 0.4) is 0 Å². The zero-order chi connectivity index (χ0) is 11.7. The number of fused-ring (bicyclic) bond motifs is 1. The van der Waals surface area contributed by atoms with E-state index in [-0.39, 0.29) is 6.61 Å². The molecule has 4 heteroatoms. The molecule has 1 aliphatic rings. The molecule has 90 valence electrons. The van der Waals surface area contributed by atoms with Gasteiger partial charge in [-0.05, 0) is 30.9 Å². The molecule has 17 heavy (non-hydrogen) atoms. The van der Waals surface area contributed by atoms with Crippen LogP contribution in [0.2, 0.25) is 0 Å². The van der Waals surface area contributed by atoms with Crippen LogP contribution in [0.5, 0.6) is 0 Å². The third kappa shape index (κ3) is 2.18. The van der Waals surface area contributed by atoms with Crippen LogP contribution in [0.25, 0.3) is 11.0 Å². The van der Waals surface area contributed by atoms with Gasteiger partial charge in [0.05, 0.1) is 13.2 Å². The molecule has 0 radical (unpaired) electrons. The second-order valence-corrected chi connectivity index (χ2v) is 4.60. The van der Waals surface area contributed by atoms with Crippen LogP contribution in [0.15, 0.2) is 24.5 Å². The first-order valence-electron chi connectivity index (χ1n) is 6.00. The molecule has 0 unspecified atom stereocenters. The molecule has 0 bridgehead atoms. The number of ether oxygens (including phenoxy) is 1. The molecule has 0 aliphatic heterocycles. The predicted molar refractivity (Wildman–Crippen MR) is 64.3 cm³/mol. The quantitative estimate of drug-likeness (QED) is 0.856. The zero-order valence-electron chi connectivity index (χ0n) is 9.67. The van der Waals surface area contributed by atoms with Crippen molar-refractivity contribution in [1.82, 2.24) is 9.55 Å². The summed E-state index contributed by atoms with van der Waals surface area (Å²) in [6, 6.07) is 3.86. The fraction of sp³-hybridized carbons (Fsp3) is 0.462.